The van der Waals surface area contributed by atoms with Crippen molar-refractivity contribution < 1.29 is 9.15 Å². The van der Waals surface area contributed by atoms with Gasteiger partial charge in [0, 0.05) is 0 Å². The summed E-state index contributed by atoms with van der Waals surface area (Å²) in [6.07, 6.45) is 0.969. The van der Waals surface area contributed by atoms with Crippen LogP contribution in [0, 0.1) is 0 Å². The quantitative estimate of drug-likeness (QED) is 0.794. The highest BCUT2D eigenvalue weighted by Gasteiger charge is 1.98. The summed E-state index contributed by atoms with van der Waals surface area (Å²) in [5.74, 6) is 1.86. The molecular weight excluding hydrogens is 294 g/mol. The van der Waals surface area contributed by atoms with Gasteiger partial charge in [0.2, 0.25) is 0 Å². The third kappa shape index (κ3) is 4.55. The summed E-state index contributed by atoms with van der Waals surface area (Å²) >= 11 is 3.28. The molecule has 96 valence electrons. The third-order valence-corrected chi connectivity index (χ3v) is 2.86. The maximum Gasteiger partial charge on any atom is 0.169 e. The van der Waals surface area contributed by atoms with Crippen LogP contribution in [0.1, 0.15) is 12.2 Å². The van der Waals surface area contributed by atoms with E-state index in [4.69, 9.17) is 9.15 Å². The lowest BCUT2D eigenvalue weighted by Crippen LogP contribution is -2.16. The van der Waals surface area contributed by atoms with Gasteiger partial charge in [0.1, 0.15) is 11.5 Å². The van der Waals surface area contributed by atoms with E-state index in [1.54, 1.807) is 0 Å². The number of ether oxygens (including phenoxy) is 1. The Kier molecular flexibility index (Phi) is 5.30. The highest BCUT2D eigenvalue weighted by atomic mass is 79.9. The fourth-order valence-corrected chi connectivity index (χ4v) is 1.90. The lowest BCUT2D eigenvalue weighted by Gasteiger charge is -2.06. The van der Waals surface area contributed by atoms with Gasteiger partial charge in [-0.2, -0.15) is 0 Å². The van der Waals surface area contributed by atoms with Crippen LogP contribution in [0.3, 0.4) is 0 Å². The number of benzene rings is 1. The molecule has 2 aromatic rings. The molecule has 0 saturated carbocycles. The zero-order valence-electron chi connectivity index (χ0n) is 10.1. The van der Waals surface area contributed by atoms with E-state index < -0.39 is 0 Å². The second-order valence-corrected chi connectivity index (χ2v) is 4.68. The predicted molar refractivity (Wildman–Crippen MR) is 74.7 cm³/mol. The van der Waals surface area contributed by atoms with Crippen LogP contribution in [0.15, 0.2) is 51.6 Å². The normalized spacial score (nSPS) is 10.5. The van der Waals surface area contributed by atoms with Gasteiger partial charge in [-0.05, 0) is 53.2 Å². The zero-order valence-corrected chi connectivity index (χ0v) is 11.7. The summed E-state index contributed by atoms with van der Waals surface area (Å²) in [6, 6.07) is 13.7. The summed E-state index contributed by atoms with van der Waals surface area (Å²) < 4.78 is 11.7. The topological polar surface area (TPSA) is 34.4 Å². The van der Waals surface area contributed by atoms with Crippen molar-refractivity contribution in [3.63, 3.8) is 0 Å². The molecule has 0 fully saturated rings. The highest BCUT2D eigenvalue weighted by Crippen LogP contribution is 2.13. The monoisotopic (exact) mass is 309 g/mol. The van der Waals surface area contributed by atoms with Gasteiger partial charge in [-0.3, -0.25) is 0 Å². The van der Waals surface area contributed by atoms with Gasteiger partial charge < -0.3 is 14.5 Å². The summed E-state index contributed by atoms with van der Waals surface area (Å²) in [7, 11) is 0. The number of rotatable bonds is 7. The maximum atomic E-state index is 5.59. The maximum absolute atomic E-state index is 5.59. The third-order valence-electron chi connectivity index (χ3n) is 2.44. The molecule has 0 aliphatic heterocycles. The molecule has 1 N–H and O–H groups in total. The summed E-state index contributed by atoms with van der Waals surface area (Å²) in [5, 5.41) is 3.31. The van der Waals surface area contributed by atoms with Crippen LogP contribution in [0.5, 0.6) is 5.75 Å². The van der Waals surface area contributed by atoms with Crippen molar-refractivity contribution in [3.05, 3.63) is 52.9 Å². The van der Waals surface area contributed by atoms with E-state index in [0.717, 1.165) is 42.3 Å². The van der Waals surface area contributed by atoms with Gasteiger partial charge >= 0.3 is 0 Å². The summed E-state index contributed by atoms with van der Waals surface area (Å²) in [5.41, 5.74) is 0. The van der Waals surface area contributed by atoms with Crippen molar-refractivity contribution >= 4 is 15.9 Å². The van der Waals surface area contributed by atoms with Crippen LogP contribution in [0.2, 0.25) is 0 Å². The predicted octanol–water partition coefficient (Wildman–Crippen LogP) is 3.60. The molecule has 3 nitrogen and oxygen atoms in total. The van der Waals surface area contributed by atoms with Crippen molar-refractivity contribution in [2.75, 3.05) is 13.2 Å². The first-order chi connectivity index (χ1) is 8.84. The van der Waals surface area contributed by atoms with E-state index in [0.29, 0.717) is 0 Å². The van der Waals surface area contributed by atoms with Crippen LogP contribution in [0.4, 0.5) is 0 Å². The van der Waals surface area contributed by atoms with Gasteiger partial charge in [-0.25, -0.2) is 0 Å². The van der Waals surface area contributed by atoms with Crippen molar-refractivity contribution in [1.29, 1.82) is 0 Å². The van der Waals surface area contributed by atoms with Crippen LogP contribution in [-0.4, -0.2) is 13.2 Å². The first-order valence-corrected chi connectivity index (χ1v) is 6.77. The molecule has 0 bridgehead atoms. The minimum atomic E-state index is 0.721. The van der Waals surface area contributed by atoms with E-state index in [9.17, 15) is 0 Å². The van der Waals surface area contributed by atoms with E-state index in [-0.39, 0.29) is 0 Å². The standard InChI is InChI=1S/C14H16BrNO2/c15-14-8-7-13(18-14)11-16-9-4-10-17-12-5-2-1-3-6-12/h1-3,5-8,16H,4,9-11H2. The molecule has 0 spiro atoms. The molecular formula is C14H16BrNO2. The minimum absolute atomic E-state index is 0.721. The number of halogens is 1. The number of furan rings is 1. The average molecular weight is 310 g/mol. The lowest BCUT2D eigenvalue weighted by molar-refractivity contribution is 0.307. The highest BCUT2D eigenvalue weighted by molar-refractivity contribution is 9.10. The second-order valence-electron chi connectivity index (χ2n) is 3.90. The molecule has 2 rings (SSSR count). The van der Waals surface area contributed by atoms with Gasteiger partial charge in [0.25, 0.3) is 0 Å². The summed E-state index contributed by atoms with van der Waals surface area (Å²) in [4.78, 5) is 0. The molecule has 0 amide bonds. The van der Waals surface area contributed by atoms with Gasteiger partial charge in [0.15, 0.2) is 4.67 Å². The van der Waals surface area contributed by atoms with Gasteiger partial charge in [-0.15, -0.1) is 0 Å². The van der Waals surface area contributed by atoms with Crippen molar-refractivity contribution in [2.45, 2.75) is 13.0 Å². The molecule has 0 radical (unpaired) electrons. The molecule has 18 heavy (non-hydrogen) atoms. The fourth-order valence-electron chi connectivity index (χ4n) is 1.56. The Bertz CT molecular complexity index is 456. The van der Waals surface area contributed by atoms with Crippen LogP contribution < -0.4 is 10.1 Å². The summed E-state index contributed by atoms with van der Waals surface area (Å²) in [6.45, 7) is 2.38. The molecule has 4 heteroatoms. The first kappa shape index (κ1) is 13.2. The van der Waals surface area contributed by atoms with Crippen molar-refractivity contribution in [2.24, 2.45) is 0 Å². The smallest absolute Gasteiger partial charge is 0.169 e. The van der Waals surface area contributed by atoms with E-state index in [1.165, 1.54) is 0 Å². The Hall–Kier alpha value is -1.26. The number of hydrogen-bond acceptors (Lipinski definition) is 3. The molecule has 0 atom stereocenters. The molecule has 0 unspecified atom stereocenters. The van der Waals surface area contributed by atoms with Crippen molar-refractivity contribution in [3.8, 4) is 5.75 Å². The lowest BCUT2D eigenvalue weighted by atomic mass is 10.3. The molecule has 1 aromatic carbocycles. The van der Waals surface area contributed by atoms with Crippen molar-refractivity contribution in [1.82, 2.24) is 5.32 Å². The number of nitrogens with one attached hydrogen (secondary N) is 1. The van der Waals surface area contributed by atoms with Crippen LogP contribution in [-0.2, 0) is 6.54 Å². The Labute approximate surface area is 115 Å². The number of hydrogen-bond donors (Lipinski definition) is 1. The fraction of sp³-hybridized carbons (Fsp3) is 0.286. The Morgan fingerprint density at radius 2 is 1.94 bits per heavy atom. The molecule has 0 saturated heterocycles. The van der Waals surface area contributed by atoms with Gasteiger partial charge in [0.05, 0.1) is 13.2 Å². The Balaban J connectivity index is 1.54. The molecule has 1 heterocycles. The largest absolute Gasteiger partial charge is 0.494 e. The Morgan fingerprint density at radius 3 is 2.67 bits per heavy atom. The van der Waals surface area contributed by atoms with E-state index >= 15 is 0 Å². The van der Waals surface area contributed by atoms with Crippen LogP contribution in [0.25, 0.3) is 0 Å². The first-order valence-electron chi connectivity index (χ1n) is 5.97. The average Bonchev–Trinajstić information content (AvgIpc) is 2.81. The molecule has 0 aliphatic carbocycles. The Morgan fingerprint density at radius 1 is 1.11 bits per heavy atom. The minimum Gasteiger partial charge on any atom is -0.494 e. The van der Waals surface area contributed by atoms with E-state index in [2.05, 4.69) is 21.2 Å². The molecule has 0 aliphatic rings. The van der Waals surface area contributed by atoms with E-state index in [1.807, 2.05) is 42.5 Å². The van der Waals surface area contributed by atoms with Gasteiger partial charge in [-0.1, -0.05) is 18.2 Å². The second kappa shape index (κ2) is 7.24. The SMILES string of the molecule is Brc1ccc(CNCCCOc2ccccc2)o1. The zero-order chi connectivity index (χ0) is 12.6. The number of para-hydroxylation sites is 1. The molecule has 1 aromatic heterocycles. The van der Waals surface area contributed by atoms with Crippen LogP contribution >= 0.6 is 15.9 Å².